The van der Waals surface area contributed by atoms with Crippen LogP contribution in [0.15, 0.2) is 30.3 Å². The fourth-order valence-corrected chi connectivity index (χ4v) is 2.44. The molecule has 2 rings (SSSR count). The van der Waals surface area contributed by atoms with Crippen molar-refractivity contribution in [3.8, 4) is 0 Å². The summed E-state index contributed by atoms with van der Waals surface area (Å²) in [6.07, 6.45) is 4.54. The van der Waals surface area contributed by atoms with Crippen LogP contribution in [-0.4, -0.2) is 48.2 Å². The summed E-state index contributed by atoms with van der Waals surface area (Å²) in [5.41, 5.74) is 1.27. The molecule has 1 unspecified atom stereocenters. The Kier molecular flexibility index (Phi) is 5.11. The van der Waals surface area contributed by atoms with Crippen molar-refractivity contribution in [1.82, 2.24) is 4.90 Å². The minimum atomic E-state index is -1.01. The maximum absolute atomic E-state index is 12.5. The van der Waals surface area contributed by atoms with Gasteiger partial charge in [-0.1, -0.05) is 12.1 Å². The minimum absolute atomic E-state index is 0.0395. The molecule has 112 valence electrons. The summed E-state index contributed by atoms with van der Waals surface area (Å²) in [6.45, 7) is 1.33. The molecule has 1 atom stereocenters. The Labute approximate surface area is 123 Å². The topological polar surface area (TPSA) is 66.8 Å². The molecule has 1 heterocycles. The summed E-state index contributed by atoms with van der Waals surface area (Å²) in [5.74, 6) is -1.05. The fraction of sp³-hybridized carbons (Fsp3) is 0.375. The molecule has 0 saturated carbocycles. The predicted molar refractivity (Wildman–Crippen MR) is 79.0 cm³/mol. The Morgan fingerprint density at radius 1 is 1.43 bits per heavy atom. The van der Waals surface area contributed by atoms with Crippen LogP contribution in [-0.2, 0) is 9.53 Å². The molecule has 1 aromatic carbocycles. The van der Waals surface area contributed by atoms with Gasteiger partial charge in [-0.2, -0.15) is 0 Å². The van der Waals surface area contributed by atoms with Crippen molar-refractivity contribution in [1.29, 1.82) is 0 Å². The van der Waals surface area contributed by atoms with E-state index in [1.807, 2.05) is 0 Å². The monoisotopic (exact) mass is 289 g/mol. The molecule has 1 fully saturated rings. The number of carbonyl (C=O) groups excluding carboxylic acids is 1. The van der Waals surface area contributed by atoms with Crippen molar-refractivity contribution in [3.05, 3.63) is 41.5 Å². The van der Waals surface area contributed by atoms with Crippen molar-refractivity contribution >= 4 is 18.0 Å². The van der Waals surface area contributed by atoms with E-state index in [4.69, 9.17) is 9.84 Å². The second kappa shape index (κ2) is 7.04. The number of carboxylic acid groups (broad SMARTS) is 1. The minimum Gasteiger partial charge on any atom is -0.478 e. The zero-order valence-corrected chi connectivity index (χ0v) is 12.0. The smallest absolute Gasteiger partial charge is 0.328 e. The zero-order valence-electron chi connectivity index (χ0n) is 12.0. The van der Waals surface area contributed by atoms with E-state index in [0.717, 1.165) is 25.5 Å². The molecule has 1 aliphatic rings. The van der Waals surface area contributed by atoms with Gasteiger partial charge in [-0.25, -0.2) is 4.79 Å². The first-order chi connectivity index (χ1) is 10.1. The van der Waals surface area contributed by atoms with Gasteiger partial charge >= 0.3 is 5.97 Å². The molecule has 0 radical (unpaired) electrons. The Hall–Kier alpha value is -2.14. The first-order valence-electron chi connectivity index (χ1n) is 6.93. The van der Waals surface area contributed by atoms with E-state index in [0.29, 0.717) is 17.7 Å². The quantitative estimate of drug-likeness (QED) is 0.861. The third-order valence-electron chi connectivity index (χ3n) is 3.55. The van der Waals surface area contributed by atoms with Gasteiger partial charge in [0.1, 0.15) is 0 Å². The van der Waals surface area contributed by atoms with E-state index in [1.165, 1.54) is 6.08 Å². The van der Waals surface area contributed by atoms with Crippen LogP contribution in [0.2, 0.25) is 0 Å². The van der Waals surface area contributed by atoms with Crippen LogP contribution >= 0.6 is 0 Å². The lowest BCUT2D eigenvalue weighted by molar-refractivity contribution is -0.131. The molecule has 21 heavy (non-hydrogen) atoms. The molecule has 0 aromatic heterocycles. The lowest BCUT2D eigenvalue weighted by Gasteiger charge is -2.32. The first kappa shape index (κ1) is 15.3. The van der Waals surface area contributed by atoms with Crippen LogP contribution in [0.5, 0.6) is 0 Å². The number of likely N-dealkylation sites (tertiary alicyclic amines) is 1. The van der Waals surface area contributed by atoms with Crippen molar-refractivity contribution in [2.45, 2.75) is 18.9 Å². The number of methoxy groups -OCH3 is 1. The van der Waals surface area contributed by atoms with E-state index >= 15 is 0 Å². The van der Waals surface area contributed by atoms with Crippen molar-refractivity contribution in [2.75, 3.05) is 20.2 Å². The molecule has 0 aliphatic carbocycles. The van der Waals surface area contributed by atoms with Gasteiger partial charge in [0.15, 0.2) is 0 Å². The molecule has 5 heteroatoms. The Bertz CT molecular complexity index is 553. The van der Waals surface area contributed by atoms with E-state index in [2.05, 4.69) is 0 Å². The fourth-order valence-electron chi connectivity index (χ4n) is 2.44. The number of carboxylic acids is 1. The van der Waals surface area contributed by atoms with Gasteiger partial charge in [0.05, 0.1) is 6.10 Å². The van der Waals surface area contributed by atoms with Gasteiger partial charge in [-0.05, 0) is 36.6 Å². The van der Waals surface area contributed by atoms with Gasteiger partial charge in [0.25, 0.3) is 5.91 Å². The van der Waals surface area contributed by atoms with Crippen LogP contribution in [0.4, 0.5) is 0 Å². The second-order valence-electron chi connectivity index (χ2n) is 5.05. The summed E-state index contributed by atoms with van der Waals surface area (Å²) in [5, 5.41) is 8.64. The maximum atomic E-state index is 12.5. The maximum Gasteiger partial charge on any atom is 0.328 e. The third-order valence-corrected chi connectivity index (χ3v) is 3.55. The van der Waals surface area contributed by atoms with Gasteiger partial charge in [-0.3, -0.25) is 4.79 Å². The average molecular weight is 289 g/mol. The summed E-state index contributed by atoms with van der Waals surface area (Å²) >= 11 is 0. The highest BCUT2D eigenvalue weighted by atomic mass is 16.5. The molecule has 1 N–H and O–H groups in total. The highest BCUT2D eigenvalue weighted by Gasteiger charge is 2.24. The summed E-state index contributed by atoms with van der Waals surface area (Å²) < 4.78 is 5.33. The van der Waals surface area contributed by atoms with Crippen molar-refractivity contribution in [2.24, 2.45) is 0 Å². The Morgan fingerprint density at radius 2 is 2.24 bits per heavy atom. The van der Waals surface area contributed by atoms with E-state index in [1.54, 1.807) is 36.3 Å². The summed E-state index contributed by atoms with van der Waals surface area (Å²) in [7, 11) is 1.66. The van der Waals surface area contributed by atoms with Crippen LogP contribution in [0.25, 0.3) is 6.08 Å². The van der Waals surface area contributed by atoms with Gasteiger partial charge < -0.3 is 14.7 Å². The first-order valence-corrected chi connectivity index (χ1v) is 6.93. The Morgan fingerprint density at radius 3 is 2.95 bits per heavy atom. The lowest BCUT2D eigenvalue weighted by Crippen LogP contribution is -2.42. The van der Waals surface area contributed by atoms with E-state index in [-0.39, 0.29) is 12.0 Å². The zero-order chi connectivity index (χ0) is 15.2. The highest BCUT2D eigenvalue weighted by molar-refractivity contribution is 5.95. The number of piperidine rings is 1. The SMILES string of the molecule is COC1CCCN(C(=O)c2cccc(/C=C/C(=O)O)c2)C1. The van der Waals surface area contributed by atoms with Crippen molar-refractivity contribution in [3.63, 3.8) is 0 Å². The standard InChI is InChI=1S/C16H19NO4/c1-21-14-6-3-9-17(11-14)16(20)13-5-2-4-12(10-13)7-8-15(18)19/h2,4-5,7-8,10,14H,3,6,9,11H2,1H3,(H,18,19)/b8-7+. The van der Waals surface area contributed by atoms with Crippen LogP contribution in [0.1, 0.15) is 28.8 Å². The normalized spacial score (nSPS) is 18.9. The van der Waals surface area contributed by atoms with Crippen LogP contribution < -0.4 is 0 Å². The third kappa shape index (κ3) is 4.16. The second-order valence-corrected chi connectivity index (χ2v) is 5.05. The number of amides is 1. The predicted octanol–water partition coefficient (Wildman–Crippen LogP) is 2.04. The number of hydrogen-bond donors (Lipinski definition) is 1. The molecule has 1 aromatic rings. The molecular formula is C16H19NO4. The molecule has 0 bridgehead atoms. The Balaban J connectivity index is 2.12. The van der Waals surface area contributed by atoms with Gasteiger partial charge in [0.2, 0.25) is 0 Å². The summed E-state index contributed by atoms with van der Waals surface area (Å²) in [4.78, 5) is 24.8. The van der Waals surface area contributed by atoms with Crippen molar-refractivity contribution < 1.29 is 19.4 Å². The number of rotatable bonds is 4. The number of nitrogens with zero attached hydrogens (tertiary/aromatic N) is 1. The number of benzene rings is 1. The molecule has 0 spiro atoms. The van der Waals surface area contributed by atoms with Crippen LogP contribution in [0.3, 0.4) is 0 Å². The lowest BCUT2D eigenvalue weighted by atomic mass is 10.1. The highest BCUT2D eigenvalue weighted by Crippen LogP contribution is 2.16. The van der Waals surface area contributed by atoms with Gasteiger partial charge in [0, 0.05) is 31.8 Å². The van der Waals surface area contributed by atoms with Crippen LogP contribution in [0, 0.1) is 0 Å². The molecule has 5 nitrogen and oxygen atoms in total. The number of hydrogen-bond acceptors (Lipinski definition) is 3. The molecule has 1 aliphatic heterocycles. The molecular weight excluding hydrogens is 270 g/mol. The van der Waals surface area contributed by atoms with E-state index in [9.17, 15) is 9.59 Å². The number of aliphatic carboxylic acids is 1. The number of carbonyl (C=O) groups is 2. The molecule has 1 saturated heterocycles. The average Bonchev–Trinajstić information content (AvgIpc) is 2.52. The summed E-state index contributed by atoms with van der Waals surface area (Å²) in [6, 6.07) is 6.98. The number of ether oxygens (including phenoxy) is 1. The molecule has 1 amide bonds. The largest absolute Gasteiger partial charge is 0.478 e. The van der Waals surface area contributed by atoms with E-state index < -0.39 is 5.97 Å². The van der Waals surface area contributed by atoms with Gasteiger partial charge in [-0.15, -0.1) is 0 Å².